The summed E-state index contributed by atoms with van der Waals surface area (Å²) in [5, 5.41) is 10.3. The first-order valence-corrected chi connectivity index (χ1v) is 6.86. The van der Waals surface area contributed by atoms with E-state index in [4.69, 9.17) is 0 Å². The normalized spacial score (nSPS) is 12.5. The van der Waals surface area contributed by atoms with Crippen molar-refractivity contribution in [1.82, 2.24) is 0 Å². The molecule has 0 aliphatic heterocycles. The molecule has 0 bridgehead atoms. The summed E-state index contributed by atoms with van der Waals surface area (Å²) in [5.41, 5.74) is 2.92. The van der Waals surface area contributed by atoms with Crippen LogP contribution in [0.25, 0.3) is 0 Å². The minimum absolute atomic E-state index is 0.573. The van der Waals surface area contributed by atoms with E-state index in [-0.39, 0.29) is 0 Å². The molecule has 0 aromatic heterocycles. The molecule has 0 aliphatic rings. The van der Waals surface area contributed by atoms with E-state index in [1.807, 2.05) is 49.4 Å². The average Bonchev–Trinajstić information content (AvgIpc) is 2.29. The third-order valence-electron chi connectivity index (χ3n) is 2.71. The number of rotatable bonds is 2. The van der Waals surface area contributed by atoms with Gasteiger partial charge in [0.1, 0.15) is 6.10 Å². The molecule has 0 heterocycles. The van der Waals surface area contributed by atoms with Crippen LogP contribution in [0.4, 0.5) is 0 Å². The Morgan fingerprint density at radius 2 is 1.53 bits per heavy atom. The summed E-state index contributed by atoms with van der Waals surface area (Å²) < 4.78 is 2.04. The van der Waals surface area contributed by atoms with Crippen molar-refractivity contribution >= 4 is 31.9 Å². The topological polar surface area (TPSA) is 20.2 Å². The van der Waals surface area contributed by atoms with Crippen LogP contribution in [0.5, 0.6) is 0 Å². The summed E-state index contributed by atoms with van der Waals surface area (Å²) in [4.78, 5) is 0. The fourth-order valence-corrected chi connectivity index (χ4v) is 2.51. The lowest BCUT2D eigenvalue weighted by atomic mass is 9.98. The van der Waals surface area contributed by atoms with E-state index < -0.39 is 6.10 Å². The van der Waals surface area contributed by atoms with Crippen molar-refractivity contribution in [2.24, 2.45) is 0 Å². The van der Waals surface area contributed by atoms with E-state index in [0.717, 1.165) is 25.6 Å². The lowest BCUT2D eigenvalue weighted by molar-refractivity contribution is 0.219. The molecule has 0 spiro atoms. The minimum Gasteiger partial charge on any atom is -0.384 e. The zero-order valence-electron chi connectivity index (χ0n) is 9.32. The Hall–Kier alpha value is -0.640. The zero-order valence-corrected chi connectivity index (χ0v) is 12.5. The minimum atomic E-state index is -0.573. The summed E-state index contributed by atoms with van der Waals surface area (Å²) in [7, 11) is 0. The molecule has 2 aromatic rings. The Bertz CT molecular complexity index is 520. The Kier molecular flexibility index (Phi) is 4.02. The molecule has 3 heteroatoms. The average molecular weight is 356 g/mol. The number of aliphatic hydroxyl groups excluding tert-OH is 1. The molecule has 0 fully saturated rings. The Balaban J connectivity index is 2.36. The van der Waals surface area contributed by atoms with Gasteiger partial charge in [0, 0.05) is 8.95 Å². The van der Waals surface area contributed by atoms with Gasteiger partial charge in [0.2, 0.25) is 0 Å². The van der Waals surface area contributed by atoms with Gasteiger partial charge >= 0.3 is 0 Å². The molecule has 2 rings (SSSR count). The molecule has 1 unspecified atom stereocenters. The Labute approximate surface area is 118 Å². The highest BCUT2D eigenvalue weighted by molar-refractivity contribution is 9.10. The number of aliphatic hydroxyl groups is 1. The summed E-state index contributed by atoms with van der Waals surface area (Å²) in [5.74, 6) is 0. The number of benzene rings is 2. The predicted molar refractivity (Wildman–Crippen MR) is 77.1 cm³/mol. The van der Waals surface area contributed by atoms with Gasteiger partial charge in [-0.1, -0.05) is 50.1 Å². The molecule has 1 N–H and O–H groups in total. The molecule has 0 aliphatic carbocycles. The summed E-state index contributed by atoms with van der Waals surface area (Å²) in [6.45, 7) is 2.00. The first-order valence-electron chi connectivity index (χ1n) is 5.27. The molecule has 2 aromatic carbocycles. The first kappa shape index (κ1) is 12.8. The molecule has 88 valence electrons. The van der Waals surface area contributed by atoms with Gasteiger partial charge in [0.15, 0.2) is 0 Å². The van der Waals surface area contributed by atoms with Gasteiger partial charge in [-0.25, -0.2) is 0 Å². The van der Waals surface area contributed by atoms with Gasteiger partial charge in [-0.3, -0.25) is 0 Å². The lowest BCUT2D eigenvalue weighted by Crippen LogP contribution is -2.01. The second-order valence-corrected chi connectivity index (χ2v) is 5.79. The SMILES string of the molecule is Cc1cc(Br)ccc1C(O)c1ccc(Br)cc1. The van der Waals surface area contributed by atoms with Crippen molar-refractivity contribution in [3.8, 4) is 0 Å². The van der Waals surface area contributed by atoms with Crippen molar-refractivity contribution < 1.29 is 5.11 Å². The summed E-state index contributed by atoms with van der Waals surface area (Å²) in [6.07, 6.45) is -0.573. The van der Waals surface area contributed by atoms with Crippen molar-refractivity contribution in [2.45, 2.75) is 13.0 Å². The molecule has 0 amide bonds. The van der Waals surface area contributed by atoms with Crippen LogP contribution in [-0.2, 0) is 0 Å². The van der Waals surface area contributed by atoms with Crippen LogP contribution in [0.15, 0.2) is 51.4 Å². The van der Waals surface area contributed by atoms with Crippen LogP contribution in [0.2, 0.25) is 0 Å². The highest BCUT2D eigenvalue weighted by atomic mass is 79.9. The molecular weight excluding hydrogens is 344 g/mol. The lowest BCUT2D eigenvalue weighted by Gasteiger charge is -2.14. The molecule has 17 heavy (non-hydrogen) atoms. The van der Waals surface area contributed by atoms with Gasteiger partial charge in [-0.2, -0.15) is 0 Å². The van der Waals surface area contributed by atoms with Gasteiger partial charge in [-0.05, 0) is 47.9 Å². The van der Waals surface area contributed by atoms with E-state index in [1.54, 1.807) is 0 Å². The van der Waals surface area contributed by atoms with Gasteiger partial charge in [0.05, 0.1) is 0 Å². The number of aryl methyl sites for hydroxylation is 1. The smallest absolute Gasteiger partial charge is 0.104 e. The third-order valence-corrected chi connectivity index (χ3v) is 3.73. The predicted octanol–water partition coefficient (Wildman–Crippen LogP) is 4.60. The molecule has 1 nitrogen and oxygen atoms in total. The number of halogens is 2. The number of hydrogen-bond donors (Lipinski definition) is 1. The standard InChI is InChI=1S/C14H12Br2O/c1-9-8-12(16)6-7-13(9)14(17)10-2-4-11(15)5-3-10/h2-8,14,17H,1H3. The molecule has 0 saturated heterocycles. The van der Waals surface area contributed by atoms with Crippen LogP contribution < -0.4 is 0 Å². The van der Waals surface area contributed by atoms with Crippen LogP contribution in [0.1, 0.15) is 22.8 Å². The van der Waals surface area contributed by atoms with Gasteiger partial charge in [-0.15, -0.1) is 0 Å². The van der Waals surface area contributed by atoms with E-state index in [1.165, 1.54) is 0 Å². The quantitative estimate of drug-likeness (QED) is 0.834. The van der Waals surface area contributed by atoms with E-state index in [2.05, 4.69) is 31.9 Å². The third kappa shape index (κ3) is 2.97. The summed E-state index contributed by atoms with van der Waals surface area (Å²) in [6, 6.07) is 13.6. The summed E-state index contributed by atoms with van der Waals surface area (Å²) >= 11 is 6.81. The first-order chi connectivity index (χ1) is 8.08. The van der Waals surface area contributed by atoms with Crippen LogP contribution in [0.3, 0.4) is 0 Å². The fraction of sp³-hybridized carbons (Fsp3) is 0.143. The second-order valence-electron chi connectivity index (χ2n) is 3.95. The van der Waals surface area contributed by atoms with Crippen molar-refractivity contribution in [1.29, 1.82) is 0 Å². The molecule has 0 radical (unpaired) electrons. The fourth-order valence-electron chi connectivity index (χ4n) is 1.77. The van der Waals surface area contributed by atoms with Crippen LogP contribution >= 0.6 is 31.9 Å². The zero-order chi connectivity index (χ0) is 12.4. The van der Waals surface area contributed by atoms with E-state index in [9.17, 15) is 5.11 Å². The maximum Gasteiger partial charge on any atom is 0.104 e. The Morgan fingerprint density at radius 1 is 0.941 bits per heavy atom. The molecule has 1 atom stereocenters. The largest absolute Gasteiger partial charge is 0.384 e. The van der Waals surface area contributed by atoms with Crippen LogP contribution in [0, 0.1) is 6.92 Å². The second kappa shape index (κ2) is 5.34. The van der Waals surface area contributed by atoms with Crippen LogP contribution in [-0.4, -0.2) is 5.11 Å². The number of hydrogen-bond acceptors (Lipinski definition) is 1. The van der Waals surface area contributed by atoms with Crippen molar-refractivity contribution in [2.75, 3.05) is 0 Å². The van der Waals surface area contributed by atoms with Crippen molar-refractivity contribution in [3.05, 3.63) is 68.1 Å². The maximum atomic E-state index is 10.3. The monoisotopic (exact) mass is 354 g/mol. The van der Waals surface area contributed by atoms with Gasteiger partial charge in [0.25, 0.3) is 0 Å². The molecular formula is C14H12Br2O. The molecule has 0 saturated carbocycles. The van der Waals surface area contributed by atoms with Crippen molar-refractivity contribution in [3.63, 3.8) is 0 Å². The Morgan fingerprint density at radius 3 is 2.12 bits per heavy atom. The van der Waals surface area contributed by atoms with E-state index >= 15 is 0 Å². The van der Waals surface area contributed by atoms with Gasteiger partial charge < -0.3 is 5.11 Å². The maximum absolute atomic E-state index is 10.3. The highest BCUT2D eigenvalue weighted by Crippen LogP contribution is 2.27. The highest BCUT2D eigenvalue weighted by Gasteiger charge is 2.12. The van der Waals surface area contributed by atoms with E-state index in [0.29, 0.717) is 0 Å².